The first-order valence-electron chi connectivity index (χ1n) is 8.67. The van der Waals surface area contributed by atoms with Crippen LogP contribution in [0.15, 0.2) is 40.8 Å². The monoisotopic (exact) mass is 382 g/mol. The van der Waals surface area contributed by atoms with Crippen molar-refractivity contribution >= 4 is 40.8 Å². The molecule has 1 amide bonds. The van der Waals surface area contributed by atoms with Gasteiger partial charge in [0.05, 0.1) is 12.1 Å². The first-order chi connectivity index (χ1) is 13.0. The predicted molar refractivity (Wildman–Crippen MR) is 103 cm³/mol. The highest BCUT2D eigenvalue weighted by atomic mass is 32.1. The van der Waals surface area contributed by atoms with Crippen LogP contribution in [0.1, 0.15) is 29.2 Å². The maximum absolute atomic E-state index is 12.7. The van der Waals surface area contributed by atoms with E-state index in [9.17, 15) is 9.59 Å². The lowest BCUT2D eigenvalue weighted by atomic mass is 10.1. The van der Waals surface area contributed by atoms with Crippen LogP contribution in [0.3, 0.4) is 0 Å². The molecule has 1 unspecified atom stereocenters. The molecule has 1 aromatic carbocycles. The summed E-state index contributed by atoms with van der Waals surface area (Å²) in [5.74, 6) is 1.83. The van der Waals surface area contributed by atoms with Crippen LogP contribution in [0.25, 0.3) is 10.9 Å². The molecule has 8 heteroatoms. The summed E-state index contributed by atoms with van der Waals surface area (Å²) in [7, 11) is 0. The Morgan fingerprint density at radius 1 is 1.33 bits per heavy atom. The third kappa shape index (κ3) is 3.35. The number of nitrogens with zero attached hydrogens (tertiary/aromatic N) is 2. The van der Waals surface area contributed by atoms with E-state index < -0.39 is 6.04 Å². The highest BCUT2D eigenvalue weighted by Crippen LogP contribution is 2.29. The van der Waals surface area contributed by atoms with Crippen LogP contribution < -0.4 is 10.6 Å². The van der Waals surface area contributed by atoms with E-state index in [0.29, 0.717) is 24.5 Å². The van der Waals surface area contributed by atoms with Crippen LogP contribution in [0.5, 0.6) is 0 Å². The molecule has 0 saturated carbocycles. The lowest BCUT2D eigenvalue weighted by Gasteiger charge is -2.09. The predicted octanol–water partition coefficient (Wildman–Crippen LogP) is 3.20. The van der Waals surface area contributed by atoms with E-state index in [1.165, 1.54) is 4.57 Å². The van der Waals surface area contributed by atoms with Crippen molar-refractivity contribution in [3.05, 3.63) is 52.7 Å². The molecule has 27 heavy (non-hydrogen) atoms. The number of nitrogens with one attached hydrogen (secondary N) is 2. The van der Waals surface area contributed by atoms with Gasteiger partial charge in [-0.3, -0.25) is 9.59 Å². The van der Waals surface area contributed by atoms with Crippen molar-refractivity contribution in [2.75, 3.05) is 5.32 Å². The second-order valence-corrected chi connectivity index (χ2v) is 6.82. The third-order valence-electron chi connectivity index (χ3n) is 4.54. The Bertz CT molecular complexity index is 1100. The number of carbonyl (C=O) groups is 2. The summed E-state index contributed by atoms with van der Waals surface area (Å²) in [4.78, 5) is 29.1. The molecule has 2 N–H and O–H groups in total. The summed E-state index contributed by atoms with van der Waals surface area (Å²) in [6.07, 6.45) is 0.586. The standard InChI is InChI=1S/C19H18N4O3S/c1-11-6-7-12(26-11)10-20-16(24)9-8-15-18(25)23-17(21-15)13-4-2-3-5-14(13)22-19(23)27/h2-7,15,21H,8-10H2,1H3,(H,20,24). The second kappa shape index (κ2) is 6.96. The summed E-state index contributed by atoms with van der Waals surface area (Å²) in [6, 6.07) is 10.7. The normalized spacial score (nSPS) is 15.6. The van der Waals surface area contributed by atoms with Gasteiger partial charge in [0.15, 0.2) is 0 Å². The fourth-order valence-corrected chi connectivity index (χ4v) is 3.47. The van der Waals surface area contributed by atoms with Crippen molar-refractivity contribution in [1.82, 2.24) is 14.9 Å². The Balaban J connectivity index is 1.42. The van der Waals surface area contributed by atoms with E-state index in [-0.39, 0.29) is 23.0 Å². The van der Waals surface area contributed by atoms with E-state index in [2.05, 4.69) is 15.6 Å². The average molecular weight is 382 g/mol. The van der Waals surface area contributed by atoms with Gasteiger partial charge in [0.1, 0.15) is 23.4 Å². The van der Waals surface area contributed by atoms with Gasteiger partial charge >= 0.3 is 0 Å². The van der Waals surface area contributed by atoms with Crippen molar-refractivity contribution < 1.29 is 14.0 Å². The van der Waals surface area contributed by atoms with Crippen molar-refractivity contribution in [3.8, 4) is 0 Å². The molecule has 0 aliphatic carbocycles. The number of para-hydroxylation sites is 1. The van der Waals surface area contributed by atoms with Gasteiger partial charge in [0.25, 0.3) is 5.91 Å². The molecule has 3 aromatic rings. The molecule has 2 aromatic heterocycles. The zero-order valence-electron chi connectivity index (χ0n) is 14.7. The molecule has 3 heterocycles. The Kier molecular flexibility index (Phi) is 4.49. The van der Waals surface area contributed by atoms with Crippen LogP contribution in [0.4, 0.5) is 5.82 Å². The zero-order chi connectivity index (χ0) is 19.0. The minimum absolute atomic E-state index is 0.138. The number of rotatable bonds is 5. The third-order valence-corrected chi connectivity index (χ3v) is 4.81. The number of furan rings is 1. The summed E-state index contributed by atoms with van der Waals surface area (Å²) < 4.78 is 7.07. The van der Waals surface area contributed by atoms with Gasteiger partial charge in [0, 0.05) is 11.8 Å². The first-order valence-corrected chi connectivity index (χ1v) is 9.08. The number of carbonyl (C=O) groups excluding carboxylic acids is 2. The number of aryl methyl sites for hydroxylation is 1. The molecular weight excluding hydrogens is 364 g/mol. The number of fused-ring (bicyclic) bond motifs is 3. The lowest BCUT2D eigenvalue weighted by Crippen LogP contribution is -2.29. The van der Waals surface area contributed by atoms with E-state index >= 15 is 0 Å². The van der Waals surface area contributed by atoms with Crippen molar-refractivity contribution in [2.24, 2.45) is 0 Å². The quantitative estimate of drug-likeness (QED) is 0.659. The minimum atomic E-state index is -0.504. The van der Waals surface area contributed by atoms with Gasteiger partial charge in [-0.1, -0.05) is 12.1 Å². The Morgan fingerprint density at radius 2 is 2.15 bits per heavy atom. The van der Waals surface area contributed by atoms with Gasteiger partial charge in [-0.25, -0.2) is 9.55 Å². The molecule has 0 spiro atoms. The largest absolute Gasteiger partial charge is 0.465 e. The van der Waals surface area contributed by atoms with E-state index in [0.717, 1.165) is 16.7 Å². The maximum atomic E-state index is 12.7. The summed E-state index contributed by atoms with van der Waals surface area (Å²) in [6.45, 7) is 2.18. The number of anilines is 1. The molecule has 138 valence electrons. The van der Waals surface area contributed by atoms with Gasteiger partial charge in [-0.2, -0.15) is 0 Å². The van der Waals surface area contributed by atoms with E-state index in [1.807, 2.05) is 43.3 Å². The Labute approximate surface area is 160 Å². The fraction of sp³-hybridized carbons (Fsp3) is 0.263. The van der Waals surface area contributed by atoms with E-state index in [1.54, 1.807) is 0 Å². The molecule has 1 aliphatic heterocycles. The van der Waals surface area contributed by atoms with Crippen molar-refractivity contribution in [2.45, 2.75) is 32.4 Å². The fourth-order valence-electron chi connectivity index (χ4n) is 3.20. The summed E-state index contributed by atoms with van der Waals surface area (Å²) in [5.41, 5.74) is 0.737. The molecule has 4 rings (SSSR count). The Hall–Kier alpha value is -3.00. The van der Waals surface area contributed by atoms with Crippen LogP contribution in [-0.2, 0) is 11.3 Å². The molecule has 0 bridgehead atoms. The van der Waals surface area contributed by atoms with Gasteiger partial charge in [0.2, 0.25) is 10.7 Å². The zero-order valence-corrected chi connectivity index (χ0v) is 15.5. The average Bonchev–Trinajstić information content (AvgIpc) is 3.22. The lowest BCUT2D eigenvalue weighted by molar-refractivity contribution is -0.121. The van der Waals surface area contributed by atoms with Crippen molar-refractivity contribution in [3.63, 3.8) is 0 Å². The maximum Gasteiger partial charge on any atom is 0.257 e. The molecule has 7 nitrogen and oxygen atoms in total. The van der Waals surface area contributed by atoms with Crippen LogP contribution in [0.2, 0.25) is 0 Å². The molecule has 1 atom stereocenters. The summed E-state index contributed by atoms with van der Waals surface area (Å²) >= 11 is 5.27. The number of amides is 1. The molecule has 0 fully saturated rings. The Morgan fingerprint density at radius 3 is 2.93 bits per heavy atom. The van der Waals surface area contributed by atoms with Gasteiger partial charge < -0.3 is 15.1 Å². The summed E-state index contributed by atoms with van der Waals surface area (Å²) in [5, 5.41) is 6.84. The van der Waals surface area contributed by atoms with Crippen molar-refractivity contribution in [1.29, 1.82) is 0 Å². The van der Waals surface area contributed by atoms with Gasteiger partial charge in [-0.05, 0) is 49.8 Å². The molecule has 0 saturated heterocycles. The minimum Gasteiger partial charge on any atom is -0.465 e. The highest BCUT2D eigenvalue weighted by molar-refractivity contribution is 7.71. The topological polar surface area (TPSA) is 89.2 Å². The van der Waals surface area contributed by atoms with Crippen LogP contribution in [0, 0.1) is 11.7 Å². The number of hydrogen-bond acceptors (Lipinski definition) is 6. The number of hydrogen-bond donors (Lipinski definition) is 2. The highest BCUT2D eigenvalue weighted by Gasteiger charge is 2.31. The van der Waals surface area contributed by atoms with Gasteiger partial charge in [-0.15, -0.1) is 0 Å². The number of benzene rings is 1. The number of aromatic nitrogens is 2. The van der Waals surface area contributed by atoms with Crippen LogP contribution >= 0.6 is 12.2 Å². The second-order valence-electron chi connectivity index (χ2n) is 6.46. The van der Waals surface area contributed by atoms with Crippen LogP contribution in [-0.4, -0.2) is 27.4 Å². The SMILES string of the molecule is Cc1ccc(CNC(=O)CCC2Nc3c4ccccc4nc(=S)n3C2=O)o1. The first kappa shape index (κ1) is 17.4. The molecule has 0 radical (unpaired) electrons. The molecular formula is C19H18N4O3S. The molecule has 1 aliphatic rings. The van der Waals surface area contributed by atoms with E-state index in [4.69, 9.17) is 16.6 Å². The smallest absolute Gasteiger partial charge is 0.257 e.